The van der Waals surface area contributed by atoms with Crippen LogP contribution in [0.1, 0.15) is 49.4 Å². The first kappa shape index (κ1) is 27.6. The molecule has 194 valence electrons. The summed E-state index contributed by atoms with van der Waals surface area (Å²) in [5.41, 5.74) is 2.57. The normalized spacial score (nSPS) is 13.6. The Labute approximate surface area is 214 Å². The molecule has 9 heteroatoms. The van der Waals surface area contributed by atoms with Gasteiger partial charge in [0.25, 0.3) is 0 Å². The molecule has 2 aromatic carbocycles. The average Bonchev–Trinajstić information content (AvgIpc) is 2.87. The topological polar surface area (TPSA) is 90.9 Å². The summed E-state index contributed by atoms with van der Waals surface area (Å²) in [6, 6.07) is 14.7. The van der Waals surface area contributed by atoms with Crippen LogP contribution in [0.2, 0.25) is 0 Å². The maximum Gasteiger partial charge on any atom is 0.220 e. The van der Waals surface area contributed by atoms with Crippen LogP contribution in [-0.4, -0.2) is 48.3 Å². The molecule has 0 N–H and O–H groups in total. The molecule has 1 heterocycles. The number of hydrogen-bond donors (Lipinski definition) is 0. The van der Waals surface area contributed by atoms with E-state index in [-0.39, 0.29) is 19.2 Å². The highest BCUT2D eigenvalue weighted by molar-refractivity contribution is 7.89. The number of hydrogen-bond acceptors (Lipinski definition) is 7. The van der Waals surface area contributed by atoms with E-state index in [1.54, 1.807) is 33.5 Å². The van der Waals surface area contributed by atoms with Crippen molar-refractivity contribution in [3.05, 3.63) is 83.4 Å². The standard InChI is InChI=1S/C27H35N3O5S/c1-19(2)35-26(27-28-15-20(3)16-29-27)21(4)36(31,32)30(17-22-7-11-24(33-5)12-8-22)18-23-9-13-25(34-6)14-10-23/h7-16,19,21,26H,17-18H2,1-6H3. The zero-order valence-electron chi connectivity index (χ0n) is 21.7. The number of rotatable bonds is 12. The van der Waals surface area contributed by atoms with E-state index in [9.17, 15) is 8.42 Å². The van der Waals surface area contributed by atoms with E-state index in [2.05, 4.69) is 9.97 Å². The molecular weight excluding hydrogens is 478 g/mol. The second kappa shape index (κ2) is 12.3. The van der Waals surface area contributed by atoms with Gasteiger partial charge in [0.05, 0.1) is 20.3 Å². The van der Waals surface area contributed by atoms with E-state index in [0.717, 1.165) is 16.7 Å². The third-order valence-electron chi connectivity index (χ3n) is 5.77. The van der Waals surface area contributed by atoms with Crippen LogP contribution >= 0.6 is 0 Å². The van der Waals surface area contributed by atoms with Crippen LogP contribution in [0.15, 0.2) is 60.9 Å². The van der Waals surface area contributed by atoms with Gasteiger partial charge in [-0.15, -0.1) is 0 Å². The maximum absolute atomic E-state index is 14.1. The number of aryl methyl sites for hydroxylation is 1. The van der Waals surface area contributed by atoms with Crippen LogP contribution in [0, 0.1) is 6.92 Å². The average molecular weight is 514 g/mol. The summed E-state index contributed by atoms with van der Waals surface area (Å²) in [5.74, 6) is 1.76. The van der Waals surface area contributed by atoms with Crippen molar-refractivity contribution in [3.63, 3.8) is 0 Å². The smallest absolute Gasteiger partial charge is 0.220 e. The van der Waals surface area contributed by atoms with Crippen molar-refractivity contribution < 1.29 is 22.6 Å². The van der Waals surface area contributed by atoms with Gasteiger partial charge in [-0.3, -0.25) is 0 Å². The first-order valence-corrected chi connectivity index (χ1v) is 13.3. The van der Waals surface area contributed by atoms with Gasteiger partial charge in [0.15, 0.2) is 5.82 Å². The summed E-state index contributed by atoms with van der Waals surface area (Å²) in [5, 5.41) is -0.931. The van der Waals surface area contributed by atoms with E-state index >= 15 is 0 Å². The SMILES string of the molecule is COc1ccc(CN(Cc2ccc(OC)cc2)S(=O)(=O)C(C)C(OC(C)C)c2ncc(C)cn2)cc1. The zero-order chi connectivity index (χ0) is 26.3. The highest BCUT2D eigenvalue weighted by atomic mass is 32.2. The van der Waals surface area contributed by atoms with Gasteiger partial charge < -0.3 is 14.2 Å². The van der Waals surface area contributed by atoms with E-state index in [1.807, 2.05) is 69.3 Å². The largest absolute Gasteiger partial charge is 0.497 e. The van der Waals surface area contributed by atoms with Gasteiger partial charge in [-0.25, -0.2) is 18.4 Å². The molecule has 8 nitrogen and oxygen atoms in total. The van der Waals surface area contributed by atoms with E-state index in [0.29, 0.717) is 17.3 Å². The quantitative estimate of drug-likeness (QED) is 0.347. The number of sulfonamides is 1. The Morgan fingerprint density at radius 1 is 0.806 bits per heavy atom. The predicted molar refractivity (Wildman–Crippen MR) is 139 cm³/mol. The summed E-state index contributed by atoms with van der Waals surface area (Å²) < 4.78 is 46.2. The number of nitrogens with zero attached hydrogens (tertiary/aromatic N) is 3. The summed E-state index contributed by atoms with van der Waals surface area (Å²) >= 11 is 0. The molecule has 0 saturated heterocycles. The van der Waals surface area contributed by atoms with Gasteiger partial charge in [-0.05, 0) is 68.7 Å². The van der Waals surface area contributed by atoms with Crippen molar-refractivity contribution in [1.29, 1.82) is 0 Å². The lowest BCUT2D eigenvalue weighted by atomic mass is 10.2. The van der Waals surface area contributed by atoms with Crippen molar-refractivity contribution in [3.8, 4) is 11.5 Å². The highest BCUT2D eigenvalue weighted by Crippen LogP contribution is 2.29. The van der Waals surface area contributed by atoms with Crippen LogP contribution in [0.4, 0.5) is 0 Å². The second-order valence-electron chi connectivity index (χ2n) is 8.94. The molecule has 0 aliphatic carbocycles. The monoisotopic (exact) mass is 513 g/mol. The number of benzene rings is 2. The lowest BCUT2D eigenvalue weighted by Gasteiger charge is -2.31. The van der Waals surface area contributed by atoms with Crippen LogP contribution in [0.5, 0.6) is 11.5 Å². The Morgan fingerprint density at radius 3 is 1.64 bits per heavy atom. The molecule has 0 radical (unpaired) electrons. The predicted octanol–water partition coefficient (Wildman–Crippen LogP) is 4.69. The molecule has 36 heavy (non-hydrogen) atoms. The van der Waals surface area contributed by atoms with Crippen LogP contribution in [0.25, 0.3) is 0 Å². The lowest BCUT2D eigenvalue weighted by molar-refractivity contribution is 0.000552. The van der Waals surface area contributed by atoms with Gasteiger partial charge >= 0.3 is 0 Å². The third kappa shape index (κ3) is 7.02. The van der Waals surface area contributed by atoms with Gasteiger partial charge in [0, 0.05) is 25.5 Å². The Kier molecular flexibility index (Phi) is 9.42. The molecule has 0 spiro atoms. The van der Waals surface area contributed by atoms with Crippen LogP contribution < -0.4 is 9.47 Å². The Morgan fingerprint density at radius 2 is 1.25 bits per heavy atom. The first-order chi connectivity index (χ1) is 17.1. The minimum atomic E-state index is -3.87. The summed E-state index contributed by atoms with van der Waals surface area (Å²) in [4.78, 5) is 8.77. The highest BCUT2D eigenvalue weighted by Gasteiger charge is 2.38. The maximum atomic E-state index is 14.1. The molecule has 0 aliphatic heterocycles. The fourth-order valence-corrected chi connectivity index (χ4v) is 5.35. The third-order valence-corrected chi connectivity index (χ3v) is 7.93. The molecule has 2 atom stereocenters. The summed E-state index contributed by atoms with van der Waals surface area (Å²) in [6.07, 6.45) is 2.30. The molecule has 0 saturated carbocycles. The van der Waals surface area contributed by atoms with Crippen molar-refractivity contribution >= 4 is 10.0 Å². The molecule has 2 unspecified atom stereocenters. The Balaban J connectivity index is 1.98. The molecular formula is C27H35N3O5S. The van der Waals surface area contributed by atoms with E-state index in [1.165, 1.54) is 4.31 Å². The Bertz CT molecular complexity index is 1150. The van der Waals surface area contributed by atoms with Crippen molar-refractivity contribution in [2.75, 3.05) is 14.2 Å². The summed E-state index contributed by atoms with van der Waals surface area (Å²) in [7, 11) is -0.673. The van der Waals surface area contributed by atoms with Crippen LogP contribution in [0.3, 0.4) is 0 Å². The van der Waals surface area contributed by atoms with E-state index < -0.39 is 21.4 Å². The lowest BCUT2D eigenvalue weighted by Crippen LogP contribution is -2.41. The molecule has 0 amide bonds. The van der Waals surface area contributed by atoms with Gasteiger partial charge in [-0.2, -0.15) is 4.31 Å². The Hall–Kier alpha value is -3.01. The van der Waals surface area contributed by atoms with Crippen LogP contribution in [-0.2, 0) is 27.8 Å². The number of aromatic nitrogens is 2. The zero-order valence-corrected chi connectivity index (χ0v) is 22.5. The van der Waals surface area contributed by atoms with Gasteiger partial charge in [0.2, 0.25) is 10.0 Å². The van der Waals surface area contributed by atoms with Gasteiger partial charge in [-0.1, -0.05) is 24.3 Å². The first-order valence-electron chi connectivity index (χ1n) is 11.8. The number of ether oxygens (including phenoxy) is 3. The fraction of sp³-hybridized carbons (Fsp3) is 0.407. The summed E-state index contributed by atoms with van der Waals surface area (Å²) in [6.45, 7) is 7.64. The van der Waals surface area contributed by atoms with E-state index in [4.69, 9.17) is 14.2 Å². The minimum absolute atomic E-state index is 0.186. The van der Waals surface area contributed by atoms with Crippen molar-refractivity contribution in [2.45, 2.75) is 58.2 Å². The molecule has 3 rings (SSSR count). The van der Waals surface area contributed by atoms with Gasteiger partial charge in [0.1, 0.15) is 22.9 Å². The number of methoxy groups -OCH3 is 2. The molecule has 1 aromatic heterocycles. The van der Waals surface area contributed by atoms with Crippen molar-refractivity contribution in [2.24, 2.45) is 0 Å². The fourth-order valence-electron chi connectivity index (χ4n) is 3.72. The second-order valence-corrected chi connectivity index (χ2v) is 11.2. The molecule has 0 bridgehead atoms. The molecule has 0 fully saturated rings. The molecule has 0 aliphatic rings. The van der Waals surface area contributed by atoms with Crippen molar-refractivity contribution in [1.82, 2.24) is 14.3 Å². The molecule has 3 aromatic rings. The minimum Gasteiger partial charge on any atom is -0.497 e.